The highest BCUT2D eigenvalue weighted by atomic mass is 79.9. The second-order valence-electron chi connectivity index (χ2n) is 6.11. The van der Waals surface area contributed by atoms with Gasteiger partial charge in [0.2, 0.25) is 0 Å². The number of halogens is 1. The largest absolute Gasteiger partial charge is 0.283 e. The summed E-state index contributed by atoms with van der Waals surface area (Å²) in [4.78, 5) is 24.6. The van der Waals surface area contributed by atoms with E-state index in [9.17, 15) is 14.9 Å². The van der Waals surface area contributed by atoms with Gasteiger partial charge < -0.3 is 0 Å². The van der Waals surface area contributed by atoms with Crippen molar-refractivity contribution < 1.29 is 9.72 Å². The van der Waals surface area contributed by atoms with E-state index >= 15 is 0 Å². The summed E-state index contributed by atoms with van der Waals surface area (Å²) in [5.41, 5.74) is 4.50. The number of amides is 1. The number of hydrogen-bond donors (Lipinski definition) is 1. The Morgan fingerprint density at radius 3 is 2.45 bits per heavy atom. The van der Waals surface area contributed by atoms with Crippen LogP contribution >= 0.6 is 27.7 Å². The molecule has 3 aromatic rings. The molecule has 0 aromatic heterocycles. The molecular formula is C21H16BrN3O3S. The normalized spacial score (nSPS) is 10.8. The van der Waals surface area contributed by atoms with E-state index in [0.717, 1.165) is 14.9 Å². The van der Waals surface area contributed by atoms with Crippen LogP contribution in [0.15, 0.2) is 86.1 Å². The third-order valence-electron chi connectivity index (χ3n) is 3.91. The van der Waals surface area contributed by atoms with Crippen molar-refractivity contribution in [2.75, 3.05) is 0 Å². The molecule has 0 atom stereocenters. The van der Waals surface area contributed by atoms with E-state index in [2.05, 4.69) is 26.5 Å². The zero-order valence-electron chi connectivity index (χ0n) is 15.3. The van der Waals surface area contributed by atoms with Crippen LogP contribution in [0.2, 0.25) is 0 Å². The molecule has 0 radical (unpaired) electrons. The predicted octanol–water partition coefficient (Wildman–Crippen LogP) is 5.58. The number of carbonyl (C=O) groups excluding carboxylic acids is 1. The number of aryl methyl sites for hydroxylation is 1. The molecule has 3 rings (SSSR count). The lowest BCUT2D eigenvalue weighted by atomic mass is 10.2. The Kier molecular flexibility index (Phi) is 6.79. The first-order valence-electron chi connectivity index (χ1n) is 8.54. The van der Waals surface area contributed by atoms with Gasteiger partial charge in [-0.05, 0) is 49.4 Å². The van der Waals surface area contributed by atoms with Crippen molar-refractivity contribution in [3.8, 4) is 0 Å². The highest BCUT2D eigenvalue weighted by Gasteiger charge is 2.15. The number of hydrogen-bond acceptors (Lipinski definition) is 5. The molecule has 0 aliphatic heterocycles. The Hall–Kier alpha value is -2.97. The van der Waals surface area contributed by atoms with Gasteiger partial charge in [0.25, 0.3) is 11.6 Å². The van der Waals surface area contributed by atoms with Crippen molar-refractivity contribution in [2.45, 2.75) is 16.7 Å². The fraction of sp³-hybridized carbons (Fsp3) is 0.0476. The number of nitro groups is 1. The van der Waals surface area contributed by atoms with Gasteiger partial charge in [-0.1, -0.05) is 51.5 Å². The molecule has 3 aromatic carbocycles. The summed E-state index contributed by atoms with van der Waals surface area (Å²) in [5.74, 6) is -0.366. The molecule has 0 heterocycles. The second kappa shape index (κ2) is 9.49. The molecular weight excluding hydrogens is 454 g/mol. The van der Waals surface area contributed by atoms with E-state index in [0.29, 0.717) is 16.0 Å². The molecule has 146 valence electrons. The third-order valence-corrected chi connectivity index (χ3v) is 5.52. The molecule has 29 heavy (non-hydrogen) atoms. The number of hydrazone groups is 1. The molecule has 0 saturated heterocycles. The van der Waals surface area contributed by atoms with Gasteiger partial charge in [0.15, 0.2) is 0 Å². The Morgan fingerprint density at radius 1 is 1.10 bits per heavy atom. The Labute approximate surface area is 180 Å². The number of nitro benzene ring substituents is 1. The van der Waals surface area contributed by atoms with Crippen LogP contribution in [0, 0.1) is 17.0 Å². The number of nitrogens with one attached hydrogen (secondary N) is 1. The summed E-state index contributed by atoms with van der Waals surface area (Å²) in [6.45, 7) is 1.99. The van der Waals surface area contributed by atoms with Gasteiger partial charge in [0.1, 0.15) is 0 Å². The Morgan fingerprint density at radius 2 is 1.79 bits per heavy atom. The summed E-state index contributed by atoms with van der Waals surface area (Å²) in [7, 11) is 0. The van der Waals surface area contributed by atoms with E-state index in [1.54, 1.807) is 36.4 Å². The summed E-state index contributed by atoms with van der Waals surface area (Å²) in [5, 5.41) is 15.4. The molecule has 0 saturated carbocycles. The quantitative estimate of drug-likeness (QED) is 0.290. The maximum atomic E-state index is 12.1. The van der Waals surface area contributed by atoms with Gasteiger partial charge in [-0.2, -0.15) is 5.10 Å². The van der Waals surface area contributed by atoms with Gasteiger partial charge in [-0.3, -0.25) is 14.9 Å². The van der Waals surface area contributed by atoms with Gasteiger partial charge in [-0.15, -0.1) is 0 Å². The molecule has 1 N–H and O–H groups in total. The van der Waals surface area contributed by atoms with Crippen molar-refractivity contribution in [3.05, 3.63) is 98.0 Å². The topological polar surface area (TPSA) is 84.6 Å². The molecule has 0 aliphatic rings. The molecule has 0 fully saturated rings. The smallest absolute Gasteiger partial charge is 0.267 e. The summed E-state index contributed by atoms with van der Waals surface area (Å²) < 4.78 is 0.869. The second-order valence-corrected chi connectivity index (χ2v) is 8.14. The van der Waals surface area contributed by atoms with Crippen LogP contribution in [-0.2, 0) is 0 Å². The fourth-order valence-corrected chi connectivity index (χ4v) is 3.57. The van der Waals surface area contributed by atoms with E-state index < -0.39 is 4.92 Å². The average molecular weight is 470 g/mol. The zero-order valence-corrected chi connectivity index (χ0v) is 17.7. The van der Waals surface area contributed by atoms with Crippen LogP contribution in [0.25, 0.3) is 0 Å². The Bertz CT molecular complexity index is 1070. The van der Waals surface area contributed by atoms with Crippen LogP contribution in [-0.4, -0.2) is 17.0 Å². The van der Waals surface area contributed by atoms with E-state index in [1.165, 1.54) is 24.0 Å². The van der Waals surface area contributed by atoms with Crippen molar-refractivity contribution in [1.82, 2.24) is 5.43 Å². The van der Waals surface area contributed by atoms with E-state index in [4.69, 9.17) is 0 Å². The first-order chi connectivity index (χ1) is 13.9. The maximum Gasteiger partial charge on any atom is 0.283 e. The lowest BCUT2D eigenvalue weighted by Gasteiger charge is -2.05. The number of carbonyl (C=O) groups is 1. The van der Waals surface area contributed by atoms with Gasteiger partial charge in [0, 0.05) is 26.6 Å². The third kappa shape index (κ3) is 5.75. The van der Waals surface area contributed by atoms with Crippen LogP contribution in [0.4, 0.5) is 5.69 Å². The van der Waals surface area contributed by atoms with Crippen molar-refractivity contribution in [1.29, 1.82) is 0 Å². The lowest BCUT2D eigenvalue weighted by Crippen LogP contribution is -2.17. The molecule has 0 spiro atoms. The number of benzene rings is 3. The van der Waals surface area contributed by atoms with Gasteiger partial charge in [-0.25, -0.2) is 5.43 Å². The Balaban J connectivity index is 1.73. The number of nitrogens with zero attached hydrogens (tertiary/aromatic N) is 2. The maximum absolute atomic E-state index is 12.1. The molecule has 0 unspecified atom stereocenters. The van der Waals surface area contributed by atoms with Crippen LogP contribution in [0.3, 0.4) is 0 Å². The molecule has 8 heteroatoms. The van der Waals surface area contributed by atoms with E-state index in [-0.39, 0.29) is 11.6 Å². The number of rotatable bonds is 6. The fourth-order valence-electron chi connectivity index (χ4n) is 2.41. The SMILES string of the molecule is Cc1ccc(Sc2ccc(/C=N\NC(=O)c3ccc(Br)cc3)cc2[N+](=O)[O-])cc1. The standard InChI is InChI=1S/C21H16BrN3O3S/c1-14-2-9-18(10-3-14)29-20-11-4-15(12-19(20)25(27)28)13-23-24-21(26)16-5-7-17(22)8-6-16/h2-13H,1H3,(H,24,26)/b23-13-. The minimum Gasteiger partial charge on any atom is -0.267 e. The molecule has 1 amide bonds. The molecule has 0 bridgehead atoms. The summed E-state index contributed by atoms with van der Waals surface area (Å²) in [6.07, 6.45) is 1.38. The first kappa shape index (κ1) is 20.8. The van der Waals surface area contributed by atoms with E-state index in [1.807, 2.05) is 31.2 Å². The van der Waals surface area contributed by atoms with Crippen molar-refractivity contribution in [3.63, 3.8) is 0 Å². The highest BCUT2D eigenvalue weighted by Crippen LogP contribution is 2.35. The summed E-state index contributed by atoms with van der Waals surface area (Å²) in [6, 6.07) is 19.5. The molecule has 6 nitrogen and oxygen atoms in total. The van der Waals surface area contributed by atoms with Gasteiger partial charge >= 0.3 is 0 Å². The average Bonchev–Trinajstić information content (AvgIpc) is 2.71. The van der Waals surface area contributed by atoms with Crippen molar-refractivity contribution in [2.24, 2.45) is 5.10 Å². The summed E-state index contributed by atoms with van der Waals surface area (Å²) >= 11 is 4.64. The van der Waals surface area contributed by atoms with Crippen molar-refractivity contribution >= 4 is 45.5 Å². The minimum atomic E-state index is -0.422. The first-order valence-corrected chi connectivity index (χ1v) is 10.2. The van der Waals surface area contributed by atoms with Crippen LogP contribution in [0.1, 0.15) is 21.5 Å². The minimum absolute atomic E-state index is 0.0150. The van der Waals surface area contributed by atoms with Gasteiger partial charge in [0.05, 0.1) is 16.0 Å². The highest BCUT2D eigenvalue weighted by molar-refractivity contribution is 9.10. The lowest BCUT2D eigenvalue weighted by molar-refractivity contribution is -0.387. The zero-order chi connectivity index (χ0) is 20.8. The predicted molar refractivity (Wildman–Crippen MR) is 118 cm³/mol. The van der Waals surface area contributed by atoms with Crippen LogP contribution < -0.4 is 5.43 Å². The van der Waals surface area contributed by atoms with Crippen LogP contribution in [0.5, 0.6) is 0 Å². The molecule has 0 aliphatic carbocycles. The monoisotopic (exact) mass is 469 g/mol.